The predicted octanol–water partition coefficient (Wildman–Crippen LogP) is 3.20. The topological polar surface area (TPSA) is 43.8 Å². The highest BCUT2D eigenvalue weighted by Gasteiger charge is 2.19. The third kappa shape index (κ3) is 2.23. The van der Waals surface area contributed by atoms with Crippen LogP contribution in [0.4, 0.5) is 10.2 Å². The highest BCUT2D eigenvalue weighted by Crippen LogP contribution is 2.25. The molecule has 0 saturated carbocycles. The van der Waals surface area contributed by atoms with E-state index in [1.165, 1.54) is 6.07 Å². The first-order valence-electron chi connectivity index (χ1n) is 5.91. The number of nitrogen functional groups attached to an aromatic ring is 1. The van der Waals surface area contributed by atoms with Crippen LogP contribution in [-0.2, 0) is 5.41 Å². The zero-order chi connectivity index (χ0) is 13.5. The number of hydrogen-bond acceptors (Lipinski definition) is 2. The van der Waals surface area contributed by atoms with Crippen LogP contribution in [0.2, 0.25) is 0 Å². The highest BCUT2D eigenvalue weighted by atomic mass is 19.1. The van der Waals surface area contributed by atoms with Crippen LogP contribution in [0.25, 0.3) is 5.69 Å². The molecule has 1 heterocycles. The Kier molecular flexibility index (Phi) is 2.89. The molecule has 0 aliphatic heterocycles. The molecule has 4 heteroatoms. The Morgan fingerprint density at radius 3 is 2.39 bits per heavy atom. The summed E-state index contributed by atoms with van der Waals surface area (Å²) in [4.78, 5) is 0. The fourth-order valence-electron chi connectivity index (χ4n) is 1.68. The summed E-state index contributed by atoms with van der Waals surface area (Å²) in [6.07, 6.45) is 0. The zero-order valence-corrected chi connectivity index (χ0v) is 11.2. The van der Waals surface area contributed by atoms with Gasteiger partial charge in [-0.05, 0) is 24.6 Å². The van der Waals surface area contributed by atoms with Crippen molar-refractivity contribution < 1.29 is 4.39 Å². The lowest BCUT2D eigenvalue weighted by atomic mass is 9.92. The molecule has 96 valence electrons. The molecule has 0 spiro atoms. The summed E-state index contributed by atoms with van der Waals surface area (Å²) in [5, 5.41) is 4.45. The molecule has 0 fully saturated rings. The van der Waals surface area contributed by atoms with Gasteiger partial charge in [0.15, 0.2) is 0 Å². The molecule has 0 saturated heterocycles. The molecule has 2 aromatic rings. The van der Waals surface area contributed by atoms with Crippen molar-refractivity contribution in [3.8, 4) is 5.69 Å². The average molecular weight is 247 g/mol. The fraction of sp³-hybridized carbons (Fsp3) is 0.357. The van der Waals surface area contributed by atoms with Crippen LogP contribution in [0.15, 0.2) is 24.3 Å². The van der Waals surface area contributed by atoms with E-state index in [2.05, 4.69) is 25.9 Å². The predicted molar refractivity (Wildman–Crippen MR) is 71.4 cm³/mol. The van der Waals surface area contributed by atoms with E-state index in [9.17, 15) is 4.39 Å². The first-order valence-corrected chi connectivity index (χ1v) is 5.91. The summed E-state index contributed by atoms with van der Waals surface area (Å²) in [6.45, 7) is 7.92. The molecule has 2 rings (SSSR count). The smallest absolute Gasteiger partial charge is 0.128 e. The maximum absolute atomic E-state index is 13.6. The van der Waals surface area contributed by atoms with Crippen molar-refractivity contribution in [1.29, 1.82) is 0 Å². The maximum atomic E-state index is 13.6. The van der Waals surface area contributed by atoms with E-state index in [4.69, 9.17) is 5.73 Å². The van der Waals surface area contributed by atoms with Crippen LogP contribution in [0.3, 0.4) is 0 Å². The average Bonchev–Trinajstić information content (AvgIpc) is 2.64. The van der Waals surface area contributed by atoms with Gasteiger partial charge in [0.05, 0.1) is 11.4 Å². The lowest BCUT2D eigenvalue weighted by molar-refractivity contribution is 0.560. The Morgan fingerprint density at radius 1 is 1.22 bits per heavy atom. The number of rotatable bonds is 1. The number of nitrogens with zero attached hydrogens (tertiary/aromatic N) is 2. The normalized spacial score (nSPS) is 11.8. The van der Waals surface area contributed by atoms with Crippen molar-refractivity contribution in [3.05, 3.63) is 41.3 Å². The monoisotopic (exact) mass is 247 g/mol. The molecule has 0 aliphatic rings. The van der Waals surface area contributed by atoms with E-state index in [1.807, 2.05) is 12.1 Å². The Balaban J connectivity index is 2.51. The standard InChI is InChI=1S/C14H18FN3/c1-9-5-6-10(7-11(9)15)18-13(16)8-12(17-18)14(2,3)4/h5-8H,16H2,1-4H3. The molecule has 0 aliphatic carbocycles. The minimum Gasteiger partial charge on any atom is -0.384 e. The van der Waals surface area contributed by atoms with Crippen LogP contribution < -0.4 is 5.73 Å². The summed E-state index contributed by atoms with van der Waals surface area (Å²) >= 11 is 0. The lowest BCUT2D eigenvalue weighted by Gasteiger charge is -2.14. The number of anilines is 1. The Labute approximate surface area is 106 Å². The van der Waals surface area contributed by atoms with E-state index in [1.54, 1.807) is 17.7 Å². The van der Waals surface area contributed by atoms with Crippen LogP contribution in [-0.4, -0.2) is 9.78 Å². The van der Waals surface area contributed by atoms with Gasteiger partial charge in [0.25, 0.3) is 0 Å². The van der Waals surface area contributed by atoms with Gasteiger partial charge >= 0.3 is 0 Å². The van der Waals surface area contributed by atoms with E-state index >= 15 is 0 Å². The maximum Gasteiger partial charge on any atom is 0.128 e. The number of aromatic nitrogens is 2. The molecule has 0 atom stereocenters. The summed E-state index contributed by atoms with van der Waals surface area (Å²) in [7, 11) is 0. The number of aryl methyl sites for hydroxylation is 1. The molecule has 3 nitrogen and oxygen atoms in total. The molecular formula is C14H18FN3. The second kappa shape index (κ2) is 4.12. The van der Waals surface area contributed by atoms with E-state index in [0.29, 0.717) is 17.1 Å². The second-order valence-electron chi connectivity index (χ2n) is 5.55. The summed E-state index contributed by atoms with van der Waals surface area (Å²) in [5.74, 6) is 0.267. The summed E-state index contributed by atoms with van der Waals surface area (Å²) in [5.41, 5.74) is 8.00. The number of nitrogens with two attached hydrogens (primary N) is 1. The minimum absolute atomic E-state index is 0.0807. The minimum atomic E-state index is -0.250. The Bertz CT molecular complexity index is 579. The van der Waals surface area contributed by atoms with Crippen LogP contribution in [0, 0.1) is 12.7 Å². The molecule has 2 N–H and O–H groups in total. The number of halogens is 1. The van der Waals surface area contributed by atoms with Crippen molar-refractivity contribution in [2.75, 3.05) is 5.73 Å². The largest absolute Gasteiger partial charge is 0.384 e. The Hall–Kier alpha value is -1.84. The van der Waals surface area contributed by atoms with Crippen LogP contribution >= 0.6 is 0 Å². The van der Waals surface area contributed by atoms with E-state index in [0.717, 1.165) is 5.69 Å². The molecule has 1 aromatic carbocycles. The molecule has 0 bridgehead atoms. The van der Waals surface area contributed by atoms with E-state index < -0.39 is 0 Å². The van der Waals surface area contributed by atoms with Gasteiger partial charge < -0.3 is 5.73 Å². The van der Waals surface area contributed by atoms with Crippen molar-refractivity contribution in [3.63, 3.8) is 0 Å². The van der Waals surface area contributed by atoms with Gasteiger partial charge in [0.2, 0.25) is 0 Å². The Morgan fingerprint density at radius 2 is 1.89 bits per heavy atom. The van der Waals surface area contributed by atoms with E-state index in [-0.39, 0.29) is 11.2 Å². The molecule has 18 heavy (non-hydrogen) atoms. The van der Waals surface area contributed by atoms with Gasteiger partial charge in [-0.25, -0.2) is 9.07 Å². The van der Waals surface area contributed by atoms with Gasteiger partial charge in [-0.1, -0.05) is 26.8 Å². The number of hydrogen-bond donors (Lipinski definition) is 1. The van der Waals surface area contributed by atoms with Crippen LogP contribution in [0.1, 0.15) is 32.0 Å². The first-order chi connectivity index (χ1) is 8.29. The summed E-state index contributed by atoms with van der Waals surface area (Å²) in [6, 6.07) is 6.82. The van der Waals surface area contributed by atoms with Crippen molar-refractivity contribution >= 4 is 5.82 Å². The third-order valence-electron chi connectivity index (χ3n) is 2.91. The van der Waals surface area contributed by atoms with Gasteiger partial charge in [0, 0.05) is 11.5 Å². The third-order valence-corrected chi connectivity index (χ3v) is 2.91. The zero-order valence-electron chi connectivity index (χ0n) is 11.2. The van der Waals surface area contributed by atoms with Gasteiger partial charge in [-0.3, -0.25) is 0 Å². The lowest BCUT2D eigenvalue weighted by Crippen LogP contribution is -2.12. The van der Waals surface area contributed by atoms with Gasteiger partial charge in [-0.15, -0.1) is 0 Å². The molecule has 0 unspecified atom stereocenters. The van der Waals surface area contributed by atoms with Crippen molar-refractivity contribution in [2.24, 2.45) is 0 Å². The molecular weight excluding hydrogens is 229 g/mol. The second-order valence-corrected chi connectivity index (χ2v) is 5.55. The van der Waals surface area contributed by atoms with Gasteiger partial charge in [0.1, 0.15) is 11.6 Å². The SMILES string of the molecule is Cc1ccc(-n2nc(C(C)(C)C)cc2N)cc1F. The van der Waals surface area contributed by atoms with Crippen molar-refractivity contribution in [1.82, 2.24) is 9.78 Å². The first kappa shape index (κ1) is 12.6. The molecule has 0 radical (unpaired) electrons. The molecule has 1 aromatic heterocycles. The number of benzene rings is 1. The quantitative estimate of drug-likeness (QED) is 0.841. The summed E-state index contributed by atoms with van der Waals surface area (Å²) < 4.78 is 15.1. The fourth-order valence-corrected chi connectivity index (χ4v) is 1.68. The van der Waals surface area contributed by atoms with Gasteiger partial charge in [-0.2, -0.15) is 5.10 Å². The van der Waals surface area contributed by atoms with Crippen LogP contribution in [0.5, 0.6) is 0 Å². The van der Waals surface area contributed by atoms with Crippen molar-refractivity contribution in [2.45, 2.75) is 33.1 Å². The molecule has 0 amide bonds. The highest BCUT2D eigenvalue weighted by molar-refractivity contribution is 5.45.